The third-order valence-electron chi connectivity index (χ3n) is 2.67. The predicted octanol–water partition coefficient (Wildman–Crippen LogP) is 1.65. The number of esters is 1. The fourth-order valence-corrected chi connectivity index (χ4v) is 1.70. The van der Waals surface area contributed by atoms with E-state index in [4.69, 9.17) is 10.5 Å². The molecule has 0 atom stereocenters. The maximum atomic E-state index is 11.6. The van der Waals surface area contributed by atoms with Crippen LogP contribution in [-0.2, 0) is 4.74 Å². The zero-order chi connectivity index (χ0) is 12.7. The van der Waals surface area contributed by atoms with Gasteiger partial charge in [-0.2, -0.15) is 0 Å². The molecule has 0 heterocycles. The third kappa shape index (κ3) is 3.75. The smallest absolute Gasteiger partial charge is 0.339 e. The topological polar surface area (TPSA) is 55.6 Å². The van der Waals surface area contributed by atoms with E-state index in [1.807, 2.05) is 25.2 Å². The number of ether oxygens (including phenoxy) is 1. The highest BCUT2D eigenvalue weighted by atomic mass is 16.5. The number of rotatable bonds is 6. The summed E-state index contributed by atoms with van der Waals surface area (Å²) in [5, 5.41) is 0. The molecule has 1 aromatic rings. The average molecular weight is 236 g/mol. The molecule has 0 spiro atoms. The van der Waals surface area contributed by atoms with Crippen molar-refractivity contribution < 1.29 is 9.53 Å². The molecule has 0 amide bonds. The van der Waals surface area contributed by atoms with Crippen LogP contribution in [0.4, 0.5) is 5.69 Å². The highest BCUT2D eigenvalue weighted by Crippen LogP contribution is 2.20. The van der Waals surface area contributed by atoms with Crippen molar-refractivity contribution in [1.29, 1.82) is 0 Å². The van der Waals surface area contributed by atoms with E-state index < -0.39 is 0 Å². The van der Waals surface area contributed by atoms with E-state index in [1.165, 1.54) is 7.11 Å². The van der Waals surface area contributed by atoms with Gasteiger partial charge in [0.1, 0.15) is 0 Å². The number of nitrogens with two attached hydrogens (primary N) is 1. The molecular weight excluding hydrogens is 216 g/mol. The van der Waals surface area contributed by atoms with E-state index in [9.17, 15) is 4.79 Å². The summed E-state index contributed by atoms with van der Waals surface area (Å²) in [6.07, 6.45) is 2.01. The van der Waals surface area contributed by atoms with Gasteiger partial charge in [0, 0.05) is 13.6 Å². The van der Waals surface area contributed by atoms with Crippen LogP contribution in [0.25, 0.3) is 0 Å². The second kappa shape index (κ2) is 6.91. The van der Waals surface area contributed by atoms with E-state index in [0.29, 0.717) is 12.1 Å². The number of hydrogen-bond acceptors (Lipinski definition) is 4. The molecule has 0 aliphatic rings. The number of carbonyl (C=O) groups is 1. The summed E-state index contributed by atoms with van der Waals surface area (Å²) in [6, 6.07) is 7.46. The molecule has 0 saturated heterocycles. The molecule has 4 heteroatoms. The number of para-hydroxylation sites is 1. The van der Waals surface area contributed by atoms with Gasteiger partial charge in [0.25, 0.3) is 0 Å². The summed E-state index contributed by atoms with van der Waals surface area (Å²) in [4.78, 5) is 13.7. The van der Waals surface area contributed by atoms with E-state index in [0.717, 1.165) is 25.1 Å². The van der Waals surface area contributed by atoms with Gasteiger partial charge in [-0.25, -0.2) is 4.79 Å². The zero-order valence-electron chi connectivity index (χ0n) is 10.5. The van der Waals surface area contributed by atoms with Crippen LogP contribution in [0.1, 0.15) is 23.2 Å². The minimum Gasteiger partial charge on any atom is -0.465 e. The Labute approximate surface area is 102 Å². The normalized spacial score (nSPS) is 10.1. The van der Waals surface area contributed by atoms with Crippen LogP contribution >= 0.6 is 0 Å². The van der Waals surface area contributed by atoms with Gasteiger partial charge in [0.05, 0.1) is 18.4 Å². The second-order valence-electron chi connectivity index (χ2n) is 3.93. The molecule has 2 N–H and O–H groups in total. The number of hydrogen-bond donors (Lipinski definition) is 1. The van der Waals surface area contributed by atoms with Crippen LogP contribution in [-0.4, -0.2) is 33.2 Å². The van der Waals surface area contributed by atoms with Crippen LogP contribution in [0, 0.1) is 0 Å². The van der Waals surface area contributed by atoms with Crippen molar-refractivity contribution in [3.8, 4) is 0 Å². The molecule has 17 heavy (non-hydrogen) atoms. The number of methoxy groups -OCH3 is 1. The highest BCUT2D eigenvalue weighted by molar-refractivity contribution is 5.95. The van der Waals surface area contributed by atoms with E-state index in [-0.39, 0.29) is 5.97 Å². The number of carbonyl (C=O) groups excluding carboxylic acids is 1. The average Bonchev–Trinajstić information content (AvgIpc) is 2.38. The third-order valence-corrected chi connectivity index (χ3v) is 2.67. The number of unbranched alkanes of at least 4 members (excludes halogenated alkanes) is 1. The maximum Gasteiger partial charge on any atom is 0.339 e. The largest absolute Gasteiger partial charge is 0.465 e. The van der Waals surface area contributed by atoms with Crippen molar-refractivity contribution in [3.63, 3.8) is 0 Å². The number of anilines is 1. The Morgan fingerprint density at radius 1 is 1.35 bits per heavy atom. The number of nitrogens with zero attached hydrogens (tertiary/aromatic N) is 1. The molecule has 0 aromatic heterocycles. The van der Waals surface area contributed by atoms with Crippen molar-refractivity contribution in [2.24, 2.45) is 5.73 Å². The van der Waals surface area contributed by atoms with Gasteiger partial charge in [0.15, 0.2) is 0 Å². The first-order valence-corrected chi connectivity index (χ1v) is 5.79. The van der Waals surface area contributed by atoms with Gasteiger partial charge in [-0.05, 0) is 31.5 Å². The summed E-state index contributed by atoms with van der Waals surface area (Å²) >= 11 is 0. The number of benzene rings is 1. The van der Waals surface area contributed by atoms with Crippen LogP contribution < -0.4 is 10.6 Å². The van der Waals surface area contributed by atoms with Crippen molar-refractivity contribution in [3.05, 3.63) is 29.8 Å². The first-order chi connectivity index (χ1) is 8.20. The maximum absolute atomic E-state index is 11.6. The van der Waals surface area contributed by atoms with Gasteiger partial charge in [-0.1, -0.05) is 12.1 Å². The standard InChI is InChI=1S/C13H20N2O2/c1-15(10-6-5-9-14)12-8-4-3-7-11(12)13(16)17-2/h3-4,7-8H,5-6,9-10,14H2,1-2H3. The molecule has 0 saturated carbocycles. The molecule has 94 valence electrons. The Morgan fingerprint density at radius 2 is 2.06 bits per heavy atom. The van der Waals surface area contributed by atoms with Gasteiger partial charge in [-0.3, -0.25) is 0 Å². The molecule has 0 radical (unpaired) electrons. The fraction of sp³-hybridized carbons (Fsp3) is 0.462. The van der Waals surface area contributed by atoms with Crippen molar-refractivity contribution >= 4 is 11.7 Å². The first-order valence-electron chi connectivity index (χ1n) is 5.79. The quantitative estimate of drug-likeness (QED) is 0.602. The summed E-state index contributed by atoms with van der Waals surface area (Å²) in [6.45, 7) is 1.58. The Balaban J connectivity index is 2.78. The minimum atomic E-state index is -0.300. The van der Waals surface area contributed by atoms with Crippen LogP contribution in [0.3, 0.4) is 0 Å². The molecule has 0 bridgehead atoms. The Bertz CT molecular complexity index is 366. The monoisotopic (exact) mass is 236 g/mol. The Morgan fingerprint density at radius 3 is 2.71 bits per heavy atom. The zero-order valence-corrected chi connectivity index (χ0v) is 10.5. The highest BCUT2D eigenvalue weighted by Gasteiger charge is 2.13. The van der Waals surface area contributed by atoms with Crippen molar-refractivity contribution in [2.45, 2.75) is 12.8 Å². The lowest BCUT2D eigenvalue weighted by atomic mass is 10.1. The minimum absolute atomic E-state index is 0.300. The lowest BCUT2D eigenvalue weighted by Gasteiger charge is -2.21. The summed E-state index contributed by atoms with van der Waals surface area (Å²) in [7, 11) is 3.37. The molecule has 4 nitrogen and oxygen atoms in total. The molecule has 0 aliphatic carbocycles. The predicted molar refractivity (Wildman–Crippen MR) is 69.3 cm³/mol. The molecule has 1 rings (SSSR count). The Hall–Kier alpha value is -1.55. The van der Waals surface area contributed by atoms with Gasteiger partial charge >= 0.3 is 5.97 Å². The summed E-state index contributed by atoms with van der Waals surface area (Å²) in [5.74, 6) is -0.300. The van der Waals surface area contributed by atoms with E-state index in [2.05, 4.69) is 4.90 Å². The second-order valence-corrected chi connectivity index (χ2v) is 3.93. The lowest BCUT2D eigenvalue weighted by Crippen LogP contribution is -2.22. The first kappa shape index (κ1) is 13.5. The van der Waals surface area contributed by atoms with Gasteiger partial charge < -0.3 is 15.4 Å². The SMILES string of the molecule is COC(=O)c1ccccc1N(C)CCCCN. The van der Waals surface area contributed by atoms with E-state index >= 15 is 0 Å². The summed E-state index contributed by atoms with van der Waals surface area (Å²) < 4.78 is 4.77. The lowest BCUT2D eigenvalue weighted by molar-refractivity contribution is 0.0601. The molecule has 1 aromatic carbocycles. The molecule has 0 aliphatic heterocycles. The van der Waals surface area contributed by atoms with Crippen LogP contribution in [0.2, 0.25) is 0 Å². The van der Waals surface area contributed by atoms with Gasteiger partial charge in [-0.15, -0.1) is 0 Å². The molecule has 0 unspecified atom stereocenters. The van der Waals surface area contributed by atoms with E-state index in [1.54, 1.807) is 6.07 Å². The van der Waals surface area contributed by atoms with Crippen molar-refractivity contribution in [2.75, 3.05) is 32.1 Å². The molecule has 0 fully saturated rings. The Kier molecular flexibility index (Phi) is 5.49. The van der Waals surface area contributed by atoms with Gasteiger partial charge in [0.2, 0.25) is 0 Å². The summed E-state index contributed by atoms with van der Waals surface area (Å²) in [5.41, 5.74) is 6.96. The van der Waals surface area contributed by atoms with Crippen LogP contribution in [0.15, 0.2) is 24.3 Å². The molecular formula is C13H20N2O2. The van der Waals surface area contributed by atoms with Crippen LogP contribution in [0.5, 0.6) is 0 Å². The van der Waals surface area contributed by atoms with Crippen molar-refractivity contribution in [1.82, 2.24) is 0 Å². The fourth-order valence-electron chi connectivity index (χ4n) is 1.70.